The van der Waals surface area contributed by atoms with Crippen LogP contribution in [0.2, 0.25) is 0 Å². The zero-order valence-electron chi connectivity index (χ0n) is 16.7. The molecule has 4 amide bonds. The molecule has 26 heavy (non-hydrogen) atoms. The summed E-state index contributed by atoms with van der Waals surface area (Å²) in [6.45, 7) is 8.42. The van der Waals surface area contributed by atoms with Gasteiger partial charge in [0.05, 0.1) is 0 Å². The minimum atomic E-state index is -0.122. The fourth-order valence-electron chi connectivity index (χ4n) is 3.76. The first kappa shape index (κ1) is 20.8. The molecule has 2 heterocycles. The van der Waals surface area contributed by atoms with Crippen molar-refractivity contribution in [1.29, 1.82) is 0 Å². The normalized spacial score (nSPS) is 21.3. The summed E-state index contributed by atoms with van der Waals surface area (Å²) in [6, 6.07) is 0.883. The molecule has 0 aromatic rings. The summed E-state index contributed by atoms with van der Waals surface area (Å²) >= 11 is 0. The molecule has 2 saturated heterocycles. The number of amides is 4. The maximum atomic E-state index is 12.2. The smallest absolute Gasteiger partial charge is 0.319 e. The molecule has 0 aromatic heterocycles. The minimum absolute atomic E-state index is 0.0777. The van der Waals surface area contributed by atoms with Gasteiger partial charge in [0, 0.05) is 71.6 Å². The number of ether oxygens (including phenoxy) is 1. The Kier molecular flexibility index (Phi) is 7.96. The molecule has 0 aliphatic carbocycles. The largest absolute Gasteiger partial charge is 0.381 e. The molecule has 1 atom stereocenters. The van der Waals surface area contributed by atoms with Gasteiger partial charge in [0.25, 0.3) is 0 Å². The highest BCUT2D eigenvalue weighted by Gasteiger charge is 2.34. The third kappa shape index (κ3) is 6.02. The van der Waals surface area contributed by atoms with E-state index in [-0.39, 0.29) is 18.1 Å². The van der Waals surface area contributed by atoms with Crippen LogP contribution >= 0.6 is 0 Å². The first-order chi connectivity index (χ1) is 12.4. The molecule has 2 aliphatic rings. The minimum Gasteiger partial charge on any atom is -0.381 e. The number of carbonyl (C=O) groups excluding carboxylic acids is 2. The van der Waals surface area contributed by atoms with Crippen molar-refractivity contribution in [3.8, 4) is 0 Å². The molecule has 2 rings (SSSR count). The van der Waals surface area contributed by atoms with Crippen LogP contribution < -0.4 is 10.6 Å². The molecule has 0 radical (unpaired) electrons. The quantitative estimate of drug-likeness (QED) is 0.730. The van der Waals surface area contributed by atoms with Crippen molar-refractivity contribution in [2.75, 3.05) is 53.5 Å². The molecule has 2 fully saturated rings. The van der Waals surface area contributed by atoms with E-state index >= 15 is 0 Å². The Labute approximate surface area is 157 Å². The maximum Gasteiger partial charge on any atom is 0.319 e. The van der Waals surface area contributed by atoms with Crippen molar-refractivity contribution in [3.05, 3.63) is 0 Å². The first-order valence-corrected chi connectivity index (χ1v) is 9.72. The van der Waals surface area contributed by atoms with Crippen molar-refractivity contribution in [1.82, 2.24) is 25.3 Å². The van der Waals surface area contributed by atoms with Crippen LogP contribution in [0.3, 0.4) is 0 Å². The first-order valence-electron chi connectivity index (χ1n) is 9.72. The zero-order chi connectivity index (χ0) is 19.1. The molecule has 8 nitrogen and oxygen atoms in total. The van der Waals surface area contributed by atoms with Crippen LogP contribution in [-0.4, -0.2) is 98.4 Å². The fourth-order valence-corrected chi connectivity index (χ4v) is 3.76. The summed E-state index contributed by atoms with van der Waals surface area (Å²) in [7, 11) is 3.59. The summed E-state index contributed by atoms with van der Waals surface area (Å²) in [5, 5.41) is 5.80. The zero-order valence-corrected chi connectivity index (χ0v) is 16.7. The topological polar surface area (TPSA) is 77.2 Å². The average Bonchev–Trinajstić information content (AvgIpc) is 3.07. The van der Waals surface area contributed by atoms with E-state index in [1.807, 2.05) is 18.7 Å². The molecule has 1 unspecified atom stereocenters. The molecule has 0 aromatic carbocycles. The van der Waals surface area contributed by atoms with Gasteiger partial charge in [-0.05, 0) is 33.1 Å². The number of rotatable bonds is 6. The fraction of sp³-hybridized carbons (Fsp3) is 0.889. The Hall–Kier alpha value is -1.54. The number of nitrogens with zero attached hydrogens (tertiary/aromatic N) is 3. The highest BCUT2D eigenvalue weighted by Crippen LogP contribution is 2.23. The van der Waals surface area contributed by atoms with Gasteiger partial charge in [-0.2, -0.15) is 0 Å². The van der Waals surface area contributed by atoms with Gasteiger partial charge in [-0.1, -0.05) is 0 Å². The standard InChI is InChI=1S/C18H35N5O3/c1-14(2)20-17(24)19-8-10-23(15-6-11-26-12-7-15)16-5-9-22(13-16)18(25)21(3)4/h14-16H,5-13H2,1-4H3,(H2,19,20,24). The lowest BCUT2D eigenvalue weighted by Gasteiger charge is -2.38. The van der Waals surface area contributed by atoms with Gasteiger partial charge in [-0.25, -0.2) is 9.59 Å². The van der Waals surface area contributed by atoms with Crippen LogP contribution in [-0.2, 0) is 4.74 Å². The highest BCUT2D eigenvalue weighted by atomic mass is 16.5. The van der Waals surface area contributed by atoms with Crippen molar-refractivity contribution in [2.24, 2.45) is 0 Å². The lowest BCUT2D eigenvalue weighted by Crippen LogP contribution is -2.51. The molecule has 2 aliphatic heterocycles. The van der Waals surface area contributed by atoms with Crippen molar-refractivity contribution in [3.63, 3.8) is 0 Å². The van der Waals surface area contributed by atoms with Gasteiger partial charge in [0.2, 0.25) is 0 Å². The SMILES string of the molecule is CC(C)NC(=O)NCCN(C1CCOCC1)C1CCN(C(=O)N(C)C)C1. The Morgan fingerprint density at radius 1 is 1.15 bits per heavy atom. The number of nitrogens with one attached hydrogen (secondary N) is 2. The Morgan fingerprint density at radius 2 is 1.85 bits per heavy atom. The summed E-state index contributed by atoms with van der Waals surface area (Å²) in [6.07, 6.45) is 3.00. The molecular formula is C18H35N5O3. The monoisotopic (exact) mass is 369 g/mol. The lowest BCUT2D eigenvalue weighted by molar-refractivity contribution is 0.0191. The van der Waals surface area contributed by atoms with Gasteiger partial charge >= 0.3 is 12.1 Å². The van der Waals surface area contributed by atoms with Crippen molar-refractivity contribution >= 4 is 12.1 Å². The third-order valence-electron chi connectivity index (χ3n) is 5.02. The molecule has 0 bridgehead atoms. The predicted octanol–water partition coefficient (Wildman–Crippen LogP) is 0.931. The summed E-state index contributed by atoms with van der Waals surface area (Å²) < 4.78 is 5.51. The van der Waals surface area contributed by atoms with Crippen LogP contribution in [0.4, 0.5) is 9.59 Å². The molecular weight excluding hydrogens is 334 g/mol. The third-order valence-corrected chi connectivity index (χ3v) is 5.02. The second-order valence-electron chi connectivity index (χ2n) is 7.70. The Morgan fingerprint density at radius 3 is 2.46 bits per heavy atom. The van der Waals surface area contributed by atoms with E-state index in [4.69, 9.17) is 4.74 Å². The number of hydrogen-bond donors (Lipinski definition) is 2. The summed E-state index contributed by atoms with van der Waals surface area (Å²) in [5.41, 5.74) is 0. The van der Waals surface area contributed by atoms with Crippen molar-refractivity contribution in [2.45, 2.75) is 51.2 Å². The Bertz CT molecular complexity index is 466. The number of hydrogen-bond acceptors (Lipinski definition) is 4. The van der Waals surface area contributed by atoms with Gasteiger partial charge in [0.1, 0.15) is 0 Å². The van der Waals surface area contributed by atoms with Crippen LogP contribution in [0.1, 0.15) is 33.1 Å². The van der Waals surface area contributed by atoms with Crippen molar-refractivity contribution < 1.29 is 14.3 Å². The Balaban J connectivity index is 1.91. The van der Waals surface area contributed by atoms with Crippen LogP contribution in [0.25, 0.3) is 0 Å². The van der Waals surface area contributed by atoms with E-state index in [2.05, 4.69) is 15.5 Å². The molecule has 2 N–H and O–H groups in total. The number of likely N-dealkylation sites (tertiary alicyclic amines) is 1. The van der Waals surface area contributed by atoms with Gasteiger partial charge in [-0.15, -0.1) is 0 Å². The predicted molar refractivity (Wildman–Crippen MR) is 101 cm³/mol. The summed E-state index contributed by atoms with van der Waals surface area (Å²) in [5.74, 6) is 0. The second-order valence-corrected chi connectivity index (χ2v) is 7.70. The van der Waals surface area contributed by atoms with E-state index in [1.54, 1.807) is 19.0 Å². The molecule has 0 spiro atoms. The van der Waals surface area contributed by atoms with E-state index in [0.717, 1.165) is 52.1 Å². The number of urea groups is 2. The van der Waals surface area contributed by atoms with Gasteiger partial charge < -0.3 is 25.2 Å². The molecule has 150 valence electrons. The van der Waals surface area contributed by atoms with Crippen LogP contribution in [0.5, 0.6) is 0 Å². The van der Waals surface area contributed by atoms with E-state index in [1.165, 1.54) is 0 Å². The average molecular weight is 370 g/mol. The van der Waals surface area contributed by atoms with Crippen LogP contribution in [0, 0.1) is 0 Å². The van der Waals surface area contributed by atoms with Crippen LogP contribution in [0.15, 0.2) is 0 Å². The van der Waals surface area contributed by atoms with Gasteiger partial charge in [0.15, 0.2) is 0 Å². The van der Waals surface area contributed by atoms with E-state index in [0.29, 0.717) is 18.6 Å². The molecule has 0 saturated carbocycles. The van der Waals surface area contributed by atoms with E-state index < -0.39 is 0 Å². The van der Waals surface area contributed by atoms with E-state index in [9.17, 15) is 9.59 Å². The maximum absolute atomic E-state index is 12.2. The number of carbonyl (C=O) groups is 2. The summed E-state index contributed by atoms with van der Waals surface area (Å²) in [4.78, 5) is 30.1. The lowest BCUT2D eigenvalue weighted by atomic mass is 10.0. The second kappa shape index (κ2) is 9.97. The molecule has 8 heteroatoms. The van der Waals surface area contributed by atoms with Gasteiger partial charge in [-0.3, -0.25) is 4.90 Å². The highest BCUT2D eigenvalue weighted by molar-refractivity contribution is 5.74.